The second-order valence-corrected chi connectivity index (χ2v) is 2.84. The molecule has 0 heterocycles. The summed E-state index contributed by atoms with van der Waals surface area (Å²) in [5.74, 6) is 2.68. The average Bonchev–Trinajstić information content (AvgIpc) is 2.08. The Kier molecular flexibility index (Phi) is 2.90. The zero-order valence-electron chi connectivity index (χ0n) is 7.52. The molecular weight excluding hydrogens is 146 g/mol. The molecule has 62 valence electrons. The SMILES string of the molecule is C#Cc1cc(C)ccc1CNC. The van der Waals surface area contributed by atoms with Crippen LogP contribution in [0, 0.1) is 19.3 Å². The predicted molar refractivity (Wildman–Crippen MR) is 51.9 cm³/mol. The minimum Gasteiger partial charge on any atom is -0.316 e. The largest absolute Gasteiger partial charge is 0.316 e. The van der Waals surface area contributed by atoms with Crippen molar-refractivity contribution < 1.29 is 0 Å². The number of aryl methyl sites for hydroxylation is 1. The van der Waals surface area contributed by atoms with Crippen LogP contribution in [0.4, 0.5) is 0 Å². The summed E-state index contributed by atoms with van der Waals surface area (Å²) >= 11 is 0. The van der Waals surface area contributed by atoms with Crippen LogP contribution in [-0.4, -0.2) is 7.05 Å². The third-order valence-electron chi connectivity index (χ3n) is 1.79. The highest BCUT2D eigenvalue weighted by Crippen LogP contribution is 2.09. The molecule has 1 aromatic carbocycles. The lowest BCUT2D eigenvalue weighted by molar-refractivity contribution is 0.815. The van der Waals surface area contributed by atoms with E-state index in [9.17, 15) is 0 Å². The van der Waals surface area contributed by atoms with Gasteiger partial charge >= 0.3 is 0 Å². The van der Waals surface area contributed by atoms with E-state index in [2.05, 4.69) is 23.4 Å². The number of rotatable bonds is 2. The fraction of sp³-hybridized carbons (Fsp3) is 0.273. The Morgan fingerprint density at radius 1 is 1.50 bits per heavy atom. The van der Waals surface area contributed by atoms with Crippen molar-refractivity contribution in [2.75, 3.05) is 7.05 Å². The van der Waals surface area contributed by atoms with Crippen LogP contribution in [0.15, 0.2) is 18.2 Å². The number of benzene rings is 1. The van der Waals surface area contributed by atoms with Crippen molar-refractivity contribution in [2.45, 2.75) is 13.5 Å². The van der Waals surface area contributed by atoms with Crippen molar-refractivity contribution in [1.29, 1.82) is 0 Å². The van der Waals surface area contributed by atoms with Crippen molar-refractivity contribution in [2.24, 2.45) is 0 Å². The molecule has 0 saturated heterocycles. The van der Waals surface area contributed by atoms with Crippen molar-refractivity contribution >= 4 is 0 Å². The van der Waals surface area contributed by atoms with Gasteiger partial charge in [0.15, 0.2) is 0 Å². The summed E-state index contributed by atoms with van der Waals surface area (Å²) in [7, 11) is 1.92. The Bertz CT molecular complexity index is 307. The molecule has 0 fully saturated rings. The monoisotopic (exact) mass is 159 g/mol. The highest BCUT2D eigenvalue weighted by Gasteiger charge is 1.97. The maximum Gasteiger partial charge on any atom is 0.0290 e. The molecule has 0 radical (unpaired) electrons. The zero-order chi connectivity index (χ0) is 8.97. The quantitative estimate of drug-likeness (QED) is 0.647. The molecule has 1 rings (SSSR count). The van der Waals surface area contributed by atoms with E-state index in [1.807, 2.05) is 20.0 Å². The highest BCUT2D eigenvalue weighted by molar-refractivity contribution is 5.42. The summed E-state index contributed by atoms with van der Waals surface area (Å²) in [4.78, 5) is 0. The molecule has 0 aliphatic rings. The van der Waals surface area contributed by atoms with Gasteiger partial charge in [0.05, 0.1) is 0 Å². The summed E-state index contributed by atoms with van der Waals surface area (Å²) in [6, 6.07) is 6.18. The fourth-order valence-corrected chi connectivity index (χ4v) is 1.17. The van der Waals surface area contributed by atoms with Gasteiger partial charge in [-0.15, -0.1) is 6.42 Å². The molecule has 0 bridgehead atoms. The summed E-state index contributed by atoms with van der Waals surface area (Å²) in [5, 5.41) is 3.08. The second kappa shape index (κ2) is 3.94. The molecule has 0 amide bonds. The van der Waals surface area contributed by atoms with Crippen LogP contribution in [0.3, 0.4) is 0 Å². The summed E-state index contributed by atoms with van der Waals surface area (Å²) < 4.78 is 0. The Morgan fingerprint density at radius 3 is 2.83 bits per heavy atom. The minimum absolute atomic E-state index is 0.833. The van der Waals surface area contributed by atoms with E-state index in [0.717, 1.165) is 12.1 Å². The Morgan fingerprint density at radius 2 is 2.25 bits per heavy atom. The Hall–Kier alpha value is -1.26. The maximum atomic E-state index is 5.37. The molecule has 1 N–H and O–H groups in total. The van der Waals surface area contributed by atoms with Gasteiger partial charge in [0, 0.05) is 12.1 Å². The van der Waals surface area contributed by atoms with E-state index in [4.69, 9.17) is 6.42 Å². The van der Waals surface area contributed by atoms with Crippen LogP contribution >= 0.6 is 0 Å². The van der Waals surface area contributed by atoms with E-state index >= 15 is 0 Å². The van der Waals surface area contributed by atoms with Crippen molar-refractivity contribution in [3.63, 3.8) is 0 Å². The maximum absolute atomic E-state index is 5.37. The first-order chi connectivity index (χ1) is 5.77. The lowest BCUT2D eigenvalue weighted by Gasteiger charge is -2.04. The fourth-order valence-electron chi connectivity index (χ4n) is 1.17. The second-order valence-electron chi connectivity index (χ2n) is 2.84. The molecule has 0 aromatic heterocycles. The van der Waals surface area contributed by atoms with Crippen LogP contribution in [-0.2, 0) is 6.54 Å². The van der Waals surface area contributed by atoms with Crippen molar-refractivity contribution in [1.82, 2.24) is 5.32 Å². The van der Waals surface area contributed by atoms with E-state index in [1.165, 1.54) is 11.1 Å². The molecule has 1 aromatic rings. The van der Waals surface area contributed by atoms with Crippen molar-refractivity contribution in [3.8, 4) is 12.3 Å². The van der Waals surface area contributed by atoms with E-state index in [-0.39, 0.29) is 0 Å². The van der Waals surface area contributed by atoms with Gasteiger partial charge in [0.2, 0.25) is 0 Å². The van der Waals surface area contributed by atoms with E-state index in [1.54, 1.807) is 0 Å². The third kappa shape index (κ3) is 1.87. The average molecular weight is 159 g/mol. The molecule has 0 saturated carbocycles. The molecule has 0 aliphatic heterocycles. The highest BCUT2D eigenvalue weighted by atomic mass is 14.8. The van der Waals surface area contributed by atoms with Crippen LogP contribution in [0.25, 0.3) is 0 Å². The molecule has 0 atom stereocenters. The topological polar surface area (TPSA) is 12.0 Å². The van der Waals surface area contributed by atoms with Gasteiger partial charge in [-0.2, -0.15) is 0 Å². The standard InChI is InChI=1S/C11H13N/c1-4-10-7-9(2)5-6-11(10)8-12-3/h1,5-7,12H,8H2,2-3H3. The molecule has 0 unspecified atom stereocenters. The molecule has 1 heteroatoms. The van der Waals surface area contributed by atoms with E-state index in [0.29, 0.717) is 0 Å². The third-order valence-corrected chi connectivity index (χ3v) is 1.79. The first-order valence-corrected chi connectivity index (χ1v) is 3.98. The first kappa shape index (κ1) is 8.83. The van der Waals surface area contributed by atoms with Crippen LogP contribution in [0.5, 0.6) is 0 Å². The minimum atomic E-state index is 0.833. The van der Waals surface area contributed by atoms with Gasteiger partial charge in [-0.1, -0.05) is 18.1 Å². The van der Waals surface area contributed by atoms with Gasteiger partial charge in [-0.3, -0.25) is 0 Å². The first-order valence-electron chi connectivity index (χ1n) is 3.98. The van der Waals surface area contributed by atoms with Gasteiger partial charge in [0.1, 0.15) is 0 Å². The molecule has 12 heavy (non-hydrogen) atoms. The molecule has 1 nitrogen and oxygen atoms in total. The lowest BCUT2D eigenvalue weighted by Crippen LogP contribution is -2.06. The number of hydrogen-bond acceptors (Lipinski definition) is 1. The normalized spacial score (nSPS) is 9.42. The van der Waals surface area contributed by atoms with Gasteiger partial charge in [-0.05, 0) is 31.2 Å². The summed E-state index contributed by atoms with van der Waals surface area (Å²) in [6.07, 6.45) is 5.37. The summed E-state index contributed by atoms with van der Waals surface area (Å²) in [5.41, 5.74) is 3.39. The zero-order valence-corrected chi connectivity index (χ0v) is 7.52. The van der Waals surface area contributed by atoms with Gasteiger partial charge in [0.25, 0.3) is 0 Å². The summed E-state index contributed by atoms with van der Waals surface area (Å²) in [6.45, 7) is 2.88. The number of hydrogen-bond donors (Lipinski definition) is 1. The number of terminal acetylenes is 1. The van der Waals surface area contributed by atoms with Crippen LogP contribution in [0.1, 0.15) is 16.7 Å². The van der Waals surface area contributed by atoms with Crippen LogP contribution in [0.2, 0.25) is 0 Å². The predicted octanol–water partition coefficient (Wildman–Crippen LogP) is 1.70. The molecule has 0 aliphatic carbocycles. The van der Waals surface area contributed by atoms with Gasteiger partial charge < -0.3 is 5.32 Å². The molecule has 0 spiro atoms. The van der Waals surface area contributed by atoms with Crippen molar-refractivity contribution in [3.05, 3.63) is 34.9 Å². The van der Waals surface area contributed by atoms with E-state index < -0.39 is 0 Å². The smallest absolute Gasteiger partial charge is 0.0290 e. The number of nitrogens with one attached hydrogen (secondary N) is 1. The van der Waals surface area contributed by atoms with Gasteiger partial charge in [-0.25, -0.2) is 0 Å². The lowest BCUT2D eigenvalue weighted by atomic mass is 10.1. The Balaban J connectivity index is 3.05. The molecular formula is C11H13N. The Labute approximate surface area is 73.8 Å². The van der Waals surface area contributed by atoms with Crippen LogP contribution < -0.4 is 5.32 Å².